The Morgan fingerprint density at radius 3 is 2.41 bits per heavy atom. The Kier molecular flexibility index (Phi) is 5.35. The molecule has 27 heavy (non-hydrogen) atoms. The zero-order valence-electron chi connectivity index (χ0n) is 14.6. The van der Waals surface area contributed by atoms with Gasteiger partial charge in [0.1, 0.15) is 10.6 Å². The molecular formula is C15H17Cl2N5O4S. The average molecular weight is 434 g/mol. The highest BCUT2D eigenvalue weighted by Crippen LogP contribution is 2.34. The van der Waals surface area contributed by atoms with Gasteiger partial charge in [-0.1, -0.05) is 29.3 Å². The Labute approximate surface area is 166 Å². The number of nitro groups is 1. The van der Waals surface area contributed by atoms with Gasteiger partial charge >= 0.3 is 5.69 Å². The van der Waals surface area contributed by atoms with Gasteiger partial charge in [-0.3, -0.25) is 10.1 Å². The van der Waals surface area contributed by atoms with Crippen molar-refractivity contribution in [1.82, 2.24) is 14.1 Å². The summed E-state index contributed by atoms with van der Waals surface area (Å²) in [5.41, 5.74) is 0.255. The molecule has 9 nitrogen and oxygen atoms in total. The molecule has 0 unspecified atom stereocenters. The van der Waals surface area contributed by atoms with Crippen LogP contribution >= 0.6 is 23.2 Å². The van der Waals surface area contributed by atoms with Crippen LogP contribution in [0, 0.1) is 17.0 Å². The maximum absolute atomic E-state index is 12.9. The monoisotopic (exact) mass is 433 g/mol. The third kappa shape index (κ3) is 3.49. The number of sulfonamides is 1. The van der Waals surface area contributed by atoms with Crippen LogP contribution in [0.25, 0.3) is 0 Å². The van der Waals surface area contributed by atoms with Crippen molar-refractivity contribution in [3.8, 4) is 0 Å². The first-order valence-corrected chi connectivity index (χ1v) is 10.2. The van der Waals surface area contributed by atoms with Gasteiger partial charge in [-0.05, 0) is 19.1 Å². The molecule has 12 heteroatoms. The van der Waals surface area contributed by atoms with Crippen LogP contribution in [0.5, 0.6) is 0 Å². The highest BCUT2D eigenvalue weighted by atomic mass is 35.5. The summed E-state index contributed by atoms with van der Waals surface area (Å²) in [6.45, 7) is 2.47. The smallest absolute Gasteiger partial charge is 0.333 e. The molecule has 0 spiro atoms. The number of anilines is 1. The van der Waals surface area contributed by atoms with E-state index in [1.165, 1.54) is 27.2 Å². The molecule has 1 aliphatic heterocycles. The van der Waals surface area contributed by atoms with Crippen molar-refractivity contribution in [2.45, 2.75) is 11.8 Å². The van der Waals surface area contributed by atoms with E-state index in [1.54, 1.807) is 18.9 Å². The van der Waals surface area contributed by atoms with Crippen molar-refractivity contribution in [2.24, 2.45) is 7.05 Å². The van der Waals surface area contributed by atoms with Crippen LogP contribution in [-0.2, 0) is 17.1 Å². The summed E-state index contributed by atoms with van der Waals surface area (Å²) >= 11 is 12.0. The van der Waals surface area contributed by atoms with Gasteiger partial charge in [-0.25, -0.2) is 13.1 Å². The Balaban J connectivity index is 1.84. The van der Waals surface area contributed by atoms with Crippen molar-refractivity contribution < 1.29 is 13.3 Å². The first-order valence-electron chi connectivity index (χ1n) is 8.01. The second-order valence-electron chi connectivity index (χ2n) is 6.08. The number of aromatic nitrogens is 2. The molecule has 0 atom stereocenters. The zero-order valence-corrected chi connectivity index (χ0v) is 16.9. The lowest BCUT2D eigenvalue weighted by atomic mass is 10.3. The van der Waals surface area contributed by atoms with E-state index >= 15 is 0 Å². The van der Waals surface area contributed by atoms with Crippen LogP contribution in [0.4, 0.5) is 11.5 Å². The largest absolute Gasteiger partial charge is 0.348 e. The molecular weight excluding hydrogens is 417 g/mol. The normalized spacial score (nSPS) is 15.9. The van der Waals surface area contributed by atoms with Crippen molar-refractivity contribution in [1.29, 1.82) is 0 Å². The summed E-state index contributed by atoms with van der Waals surface area (Å²) < 4.78 is 28.5. The molecule has 1 saturated heterocycles. The summed E-state index contributed by atoms with van der Waals surface area (Å²) in [6, 6.07) is 4.45. The lowest BCUT2D eigenvalue weighted by molar-refractivity contribution is -0.384. The zero-order chi connectivity index (χ0) is 19.9. The number of benzene rings is 1. The molecule has 0 bridgehead atoms. The third-order valence-corrected chi connectivity index (χ3v) is 7.29. The first-order chi connectivity index (χ1) is 12.6. The maximum Gasteiger partial charge on any atom is 0.333 e. The summed E-state index contributed by atoms with van der Waals surface area (Å²) in [7, 11) is -2.19. The second-order valence-corrected chi connectivity index (χ2v) is 8.77. The predicted molar refractivity (Wildman–Crippen MR) is 102 cm³/mol. The van der Waals surface area contributed by atoms with Crippen molar-refractivity contribution >= 4 is 44.7 Å². The van der Waals surface area contributed by atoms with Crippen molar-refractivity contribution in [3.05, 3.63) is 44.1 Å². The van der Waals surface area contributed by atoms with Crippen molar-refractivity contribution in [3.63, 3.8) is 0 Å². The Morgan fingerprint density at radius 2 is 1.81 bits per heavy atom. The molecule has 0 radical (unpaired) electrons. The summed E-state index contributed by atoms with van der Waals surface area (Å²) in [4.78, 5) is 12.6. The van der Waals surface area contributed by atoms with Gasteiger partial charge in [0.2, 0.25) is 15.8 Å². The van der Waals surface area contributed by atoms with Crippen molar-refractivity contribution in [2.75, 3.05) is 31.1 Å². The first kappa shape index (κ1) is 19.9. The van der Waals surface area contributed by atoms with Crippen LogP contribution in [0.1, 0.15) is 5.69 Å². The molecule has 0 amide bonds. The van der Waals surface area contributed by atoms with Gasteiger partial charge < -0.3 is 4.90 Å². The Morgan fingerprint density at radius 1 is 1.19 bits per heavy atom. The van der Waals surface area contributed by atoms with E-state index in [4.69, 9.17) is 23.2 Å². The average Bonchev–Trinajstić information content (AvgIpc) is 2.91. The van der Waals surface area contributed by atoms with Gasteiger partial charge in [-0.15, -0.1) is 0 Å². The molecule has 1 aromatic heterocycles. The van der Waals surface area contributed by atoms with E-state index < -0.39 is 14.9 Å². The Bertz CT molecular complexity index is 1000. The van der Waals surface area contributed by atoms with Crippen LogP contribution in [-0.4, -0.2) is 53.6 Å². The fourth-order valence-corrected chi connectivity index (χ4v) is 5.32. The molecule has 2 heterocycles. The second kappa shape index (κ2) is 7.27. The van der Waals surface area contributed by atoms with Gasteiger partial charge in [0.05, 0.1) is 15.0 Å². The van der Waals surface area contributed by atoms with Gasteiger partial charge in [0.25, 0.3) is 0 Å². The van der Waals surface area contributed by atoms with Gasteiger partial charge in [0, 0.05) is 33.2 Å². The molecule has 1 aliphatic rings. The summed E-state index contributed by atoms with van der Waals surface area (Å²) in [5, 5.41) is 15.6. The molecule has 2 aromatic rings. The standard InChI is InChI=1S/C15H17Cl2N5O4S/c1-10-14(22(23)24)15(19(2)18-10)20-6-8-21(9-7-20)27(25,26)12-5-3-4-11(16)13(12)17/h3-5H,6-9H2,1-2H3. The molecule has 0 N–H and O–H groups in total. The molecule has 146 valence electrons. The minimum absolute atomic E-state index is 0.0144. The van der Waals surface area contributed by atoms with Gasteiger partial charge in [-0.2, -0.15) is 9.40 Å². The number of halogens is 2. The van der Waals surface area contributed by atoms with E-state index in [-0.39, 0.29) is 46.8 Å². The SMILES string of the molecule is Cc1nn(C)c(N2CCN(S(=O)(=O)c3cccc(Cl)c3Cl)CC2)c1[N+](=O)[O-]. The molecule has 1 aromatic carbocycles. The number of rotatable bonds is 4. The number of nitrogens with zero attached hydrogens (tertiary/aromatic N) is 5. The number of hydrogen-bond acceptors (Lipinski definition) is 6. The number of aryl methyl sites for hydroxylation is 2. The van der Waals surface area contributed by atoms with E-state index in [2.05, 4.69) is 5.10 Å². The summed E-state index contributed by atoms with van der Waals surface area (Å²) in [5.74, 6) is 0.371. The van der Waals surface area contributed by atoms with Gasteiger partial charge in [0.15, 0.2) is 0 Å². The van der Waals surface area contributed by atoms with Crippen LogP contribution < -0.4 is 4.90 Å². The van der Waals surface area contributed by atoms with E-state index in [0.29, 0.717) is 11.5 Å². The lowest BCUT2D eigenvalue weighted by Gasteiger charge is -2.34. The fraction of sp³-hybridized carbons (Fsp3) is 0.400. The van der Waals surface area contributed by atoms with E-state index in [1.807, 2.05) is 0 Å². The minimum Gasteiger partial charge on any atom is -0.348 e. The fourth-order valence-electron chi connectivity index (χ4n) is 3.17. The highest BCUT2D eigenvalue weighted by molar-refractivity contribution is 7.89. The Hall–Kier alpha value is -1.88. The minimum atomic E-state index is -3.82. The topological polar surface area (TPSA) is 102 Å². The van der Waals surface area contributed by atoms with Crippen LogP contribution in [0.15, 0.2) is 23.1 Å². The molecule has 3 rings (SSSR count). The number of hydrogen-bond donors (Lipinski definition) is 0. The quantitative estimate of drug-likeness (QED) is 0.541. The van der Waals surface area contributed by atoms with Crippen LogP contribution in [0.3, 0.4) is 0 Å². The third-order valence-electron chi connectivity index (χ3n) is 4.42. The molecule has 0 aliphatic carbocycles. The molecule has 0 saturated carbocycles. The summed E-state index contributed by atoms with van der Waals surface area (Å²) in [6.07, 6.45) is 0. The van der Waals surface area contributed by atoms with E-state index in [0.717, 1.165) is 0 Å². The lowest BCUT2D eigenvalue weighted by Crippen LogP contribution is -2.49. The highest BCUT2D eigenvalue weighted by Gasteiger charge is 2.34. The maximum atomic E-state index is 12.9. The molecule has 1 fully saturated rings. The predicted octanol–water partition coefficient (Wildman–Crippen LogP) is 2.45. The van der Waals surface area contributed by atoms with E-state index in [9.17, 15) is 18.5 Å². The van der Waals surface area contributed by atoms with Crippen LogP contribution in [0.2, 0.25) is 10.0 Å². The number of piperazine rings is 1.